The second kappa shape index (κ2) is 6.73. The number of aliphatic hydroxyl groups is 1. The number of carbonyl (C=O) groups excluding carboxylic acids is 1. The first-order valence-electron chi connectivity index (χ1n) is 8.22. The zero-order chi connectivity index (χ0) is 17.3. The number of aliphatic hydroxyl groups excluding tert-OH is 1. The molecule has 0 bridgehead atoms. The highest BCUT2D eigenvalue weighted by molar-refractivity contribution is 5.92. The molecule has 1 saturated carbocycles. The predicted molar refractivity (Wildman–Crippen MR) is 88.6 cm³/mol. The average Bonchev–Trinajstić information content (AvgIpc) is 3.13. The lowest BCUT2D eigenvalue weighted by Crippen LogP contribution is -2.34. The Kier molecular flexibility index (Phi) is 4.66. The number of nitrogens with zero attached hydrogens (tertiary/aromatic N) is 3. The minimum absolute atomic E-state index is 0.130. The monoisotopic (exact) mass is 331 g/mol. The molecular formula is C18H22FN3O2. The Hall–Kier alpha value is -2.21. The summed E-state index contributed by atoms with van der Waals surface area (Å²) in [6.07, 6.45) is 2.42. The molecule has 2 aromatic rings. The lowest BCUT2D eigenvalue weighted by Gasteiger charge is -2.22. The van der Waals surface area contributed by atoms with Crippen molar-refractivity contribution in [2.24, 2.45) is 5.92 Å². The molecule has 0 radical (unpaired) electrons. The average molecular weight is 331 g/mol. The molecular weight excluding hydrogens is 309 g/mol. The van der Waals surface area contributed by atoms with Crippen molar-refractivity contribution in [2.45, 2.75) is 32.3 Å². The summed E-state index contributed by atoms with van der Waals surface area (Å²) in [6.45, 7) is 2.35. The lowest BCUT2D eigenvalue weighted by molar-refractivity contribution is 0.0688. The van der Waals surface area contributed by atoms with Crippen molar-refractivity contribution in [1.82, 2.24) is 14.7 Å². The van der Waals surface area contributed by atoms with Gasteiger partial charge in [-0.2, -0.15) is 5.10 Å². The van der Waals surface area contributed by atoms with E-state index < -0.39 is 0 Å². The van der Waals surface area contributed by atoms with Gasteiger partial charge in [-0.15, -0.1) is 0 Å². The summed E-state index contributed by atoms with van der Waals surface area (Å²) in [5.41, 5.74) is 1.67. The zero-order valence-electron chi connectivity index (χ0n) is 13.9. The van der Waals surface area contributed by atoms with Gasteiger partial charge in [0.05, 0.1) is 11.8 Å². The number of rotatable bonds is 4. The summed E-state index contributed by atoms with van der Waals surface area (Å²) in [6, 6.07) is 7.81. The first kappa shape index (κ1) is 16.6. The fraction of sp³-hybridized carbons (Fsp3) is 0.444. The van der Waals surface area contributed by atoms with Crippen molar-refractivity contribution in [3.8, 4) is 5.69 Å². The minimum atomic E-state index is -0.345. The molecule has 0 aliphatic heterocycles. The maximum absolute atomic E-state index is 13.4. The summed E-state index contributed by atoms with van der Waals surface area (Å²) in [5, 5.41) is 14.3. The van der Waals surface area contributed by atoms with Crippen LogP contribution in [0.3, 0.4) is 0 Å². The highest BCUT2D eigenvalue weighted by Crippen LogP contribution is 2.26. The smallest absolute Gasteiger partial charge is 0.274 e. The molecule has 2 unspecified atom stereocenters. The molecule has 1 heterocycles. The van der Waals surface area contributed by atoms with Crippen molar-refractivity contribution in [1.29, 1.82) is 0 Å². The van der Waals surface area contributed by atoms with Crippen molar-refractivity contribution < 1.29 is 14.3 Å². The third-order valence-corrected chi connectivity index (χ3v) is 4.63. The van der Waals surface area contributed by atoms with Gasteiger partial charge < -0.3 is 10.0 Å². The van der Waals surface area contributed by atoms with Crippen LogP contribution < -0.4 is 0 Å². The summed E-state index contributed by atoms with van der Waals surface area (Å²) in [4.78, 5) is 14.2. The molecule has 1 aromatic carbocycles. The minimum Gasteiger partial charge on any atom is -0.393 e. The quantitative estimate of drug-likeness (QED) is 0.937. The Morgan fingerprint density at radius 2 is 2.21 bits per heavy atom. The molecule has 128 valence electrons. The largest absolute Gasteiger partial charge is 0.393 e. The highest BCUT2D eigenvalue weighted by atomic mass is 19.1. The lowest BCUT2D eigenvalue weighted by atomic mass is 10.1. The molecule has 2 atom stereocenters. The summed E-state index contributed by atoms with van der Waals surface area (Å²) in [7, 11) is 1.73. The first-order chi connectivity index (χ1) is 11.5. The molecule has 0 saturated heterocycles. The van der Waals surface area contributed by atoms with E-state index in [0.717, 1.165) is 25.0 Å². The van der Waals surface area contributed by atoms with E-state index in [4.69, 9.17) is 0 Å². The standard InChI is InChI=1S/C18H22FN3O2/c1-12-9-16(20-22(12)15-7-4-6-14(19)10-15)18(24)21(2)11-13-5-3-8-17(13)23/h4,6-7,9-10,13,17,23H,3,5,8,11H2,1-2H3. The fourth-order valence-corrected chi connectivity index (χ4v) is 3.31. The van der Waals surface area contributed by atoms with Gasteiger partial charge in [0.1, 0.15) is 5.82 Å². The van der Waals surface area contributed by atoms with Crippen LogP contribution in [-0.4, -0.2) is 45.4 Å². The van der Waals surface area contributed by atoms with Gasteiger partial charge >= 0.3 is 0 Å². The van der Waals surface area contributed by atoms with E-state index in [9.17, 15) is 14.3 Å². The van der Waals surface area contributed by atoms with Crippen molar-refractivity contribution in [2.75, 3.05) is 13.6 Å². The Morgan fingerprint density at radius 1 is 1.42 bits per heavy atom. The molecule has 1 aliphatic carbocycles. The molecule has 24 heavy (non-hydrogen) atoms. The van der Waals surface area contributed by atoms with Gasteiger partial charge in [-0.3, -0.25) is 4.79 Å². The van der Waals surface area contributed by atoms with E-state index in [-0.39, 0.29) is 23.7 Å². The van der Waals surface area contributed by atoms with Crippen molar-refractivity contribution in [3.05, 3.63) is 47.5 Å². The number of aryl methyl sites for hydroxylation is 1. The second-order valence-electron chi connectivity index (χ2n) is 6.51. The number of hydrogen-bond donors (Lipinski definition) is 1. The van der Waals surface area contributed by atoms with Gasteiger partial charge in [0, 0.05) is 25.2 Å². The van der Waals surface area contributed by atoms with Crippen LogP contribution in [-0.2, 0) is 0 Å². The Labute approximate surface area is 140 Å². The van der Waals surface area contributed by atoms with Crippen LogP contribution in [0.25, 0.3) is 5.69 Å². The molecule has 1 amide bonds. The van der Waals surface area contributed by atoms with Crippen molar-refractivity contribution in [3.63, 3.8) is 0 Å². The van der Waals surface area contributed by atoms with Crippen LogP contribution in [0.15, 0.2) is 30.3 Å². The first-order valence-corrected chi connectivity index (χ1v) is 8.22. The zero-order valence-corrected chi connectivity index (χ0v) is 13.9. The highest BCUT2D eigenvalue weighted by Gasteiger charge is 2.28. The Balaban J connectivity index is 1.77. The number of halogens is 1. The Morgan fingerprint density at radius 3 is 2.88 bits per heavy atom. The number of carbonyl (C=O) groups is 1. The van der Waals surface area contributed by atoms with Crippen LogP contribution in [0.2, 0.25) is 0 Å². The molecule has 6 heteroatoms. The second-order valence-corrected chi connectivity index (χ2v) is 6.51. The van der Waals surface area contributed by atoms with Crippen LogP contribution >= 0.6 is 0 Å². The van der Waals surface area contributed by atoms with Gasteiger partial charge in [0.2, 0.25) is 0 Å². The van der Waals surface area contributed by atoms with E-state index in [0.29, 0.717) is 17.9 Å². The van der Waals surface area contributed by atoms with Crippen LogP contribution in [0, 0.1) is 18.7 Å². The van der Waals surface area contributed by atoms with Crippen molar-refractivity contribution >= 4 is 5.91 Å². The molecule has 1 N–H and O–H groups in total. The van der Waals surface area contributed by atoms with E-state index >= 15 is 0 Å². The normalized spacial score (nSPS) is 20.3. The maximum Gasteiger partial charge on any atom is 0.274 e. The number of amides is 1. The third-order valence-electron chi connectivity index (χ3n) is 4.63. The molecule has 0 spiro atoms. The summed E-state index contributed by atoms with van der Waals surface area (Å²) >= 11 is 0. The number of aromatic nitrogens is 2. The maximum atomic E-state index is 13.4. The molecule has 3 rings (SSSR count). The fourth-order valence-electron chi connectivity index (χ4n) is 3.31. The number of benzene rings is 1. The van der Waals surface area contributed by atoms with E-state index in [2.05, 4.69) is 5.10 Å². The molecule has 1 fully saturated rings. The van der Waals surface area contributed by atoms with Gasteiger partial charge in [-0.25, -0.2) is 9.07 Å². The summed E-state index contributed by atoms with van der Waals surface area (Å²) in [5.74, 6) is -0.402. The van der Waals surface area contributed by atoms with Gasteiger partial charge in [0.25, 0.3) is 5.91 Å². The van der Waals surface area contributed by atoms with E-state index in [1.807, 2.05) is 6.92 Å². The van der Waals surface area contributed by atoms with Gasteiger partial charge in [-0.1, -0.05) is 12.5 Å². The SMILES string of the molecule is Cc1cc(C(=O)N(C)CC2CCCC2O)nn1-c1cccc(F)c1. The number of hydrogen-bond acceptors (Lipinski definition) is 3. The van der Waals surface area contributed by atoms with E-state index in [1.165, 1.54) is 12.1 Å². The predicted octanol–water partition coefficient (Wildman–Crippen LogP) is 2.55. The van der Waals surface area contributed by atoms with Crippen LogP contribution in [0.1, 0.15) is 35.4 Å². The van der Waals surface area contributed by atoms with E-state index in [1.54, 1.807) is 34.8 Å². The third kappa shape index (κ3) is 3.33. The van der Waals surface area contributed by atoms with Gasteiger partial charge in [0.15, 0.2) is 5.69 Å². The Bertz CT molecular complexity index is 744. The summed E-state index contributed by atoms with van der Waals surface area (Å²) < 4.78 is 15.0. The molecule has 5 nitrogen and oxygen atoms in total. The van der Waals surface area contributed by atoms with Gasteiger partial charge in [-0.05, 0) is 44.0 Å². The molecule has 1 aliphatic rings. The van der Waals surface area contributed by atoms with Crippen LogP contribution in [0.4, 0.5) is 4.39 Å². The molecule has 1 aromatic heterocycles. The topological polar surface area (TPSA) is 58.4 Å². The van der Waals surface area contributed by atoms with Crippen LogP contribution in [0.5, 0.6) is 0 Å².